The molecule has 0 aliphatic heterocycles. The van der Waals surface area contributed by atoms with Crippen molar-refractivity contribution in [1.29, 1.82) is 0 Å². The number of aromatic amines is 2. The lowest BCUT2D eigenvalue weighted by atomic mass is 10.2. The van der Waals surface area contributed by atoms with E-state index < -0.39 is 11.6 Å². The molecule has 0 atom stereocenters. The fourth-order valence-electron chi connectivity index (χ4n) is 2.43. The SMILES string of the molecule is Fc1ccc(F)c(Cn2[nH]c3ccc(-c4cn[nH]c4)nc32)c1Cl. The van der Waals surface area contributed by atoms with Gasteiger partial charge in [0.2, 0.25) is 0 Å². The average molecular weight is 334 g/mol. The molecular formula is C15H10ClF2N5. The Kier molecular flexibility index (Phi) is 3.16. The van der Waals surface area contributed by atoms with Crippen molar-refractivity contribution in [3.63, 3.8) is 0 Å². The van der Waals surface area contributed by atoms with Gasteiger partial charge in [-0.25, -0.2) is 13.8 Å². The van der Waals surface area contributed by atoms with E-state index in [1.54, 1.807) is 17.1 Å². The second-order valence-electron chi connectivity index (χ2n) is 5.07. The van der Waals surface area contributed by atoms with Gasteiger partial charge in [-0.2, -0.15) is 5.10 Å². The van der Waals surface area contributed by atoms with Gasteiger partial charge in [0.15, 0.2) is 5.65 Å². The molecule has 0 aliphatic rings. The molecular weight excluding hydrogens is 324 g/mol. The van der Waals surface area contributed by atoms with Crippen molar-refractivity contribution in [2.75, 3.05) is 0 Å². The molecule has 0 spiro atoms. The molecule has 0 bridgehead atoms. The summed E-state index contributed by atoms with van der Waals surface area (Å²) in [7, 11) is 0. The Balaban J connectivity index is 1.74. The first-order valence-corrected chi connectivity index (χ1v) is 7.18. The van der Waals surface area contributed by atoms with Gasteiger partial charge in [0.25, 0.3) is 0 Å². The number of nitrogens with zero attached hydrogens (tertiary/aromatic N) is 3. The number of hydrogen-bond donors (Lipinski definition) is 2. The quantitative estimate of drug-likeness (QED) is 0.561. The number of hydrogen-bond acceptors (Lipinski definition) is 2. The molecule has 4 rings (SSSR count). The summed E-state index contributed by atoms with van der Waals surface area (Å²) in [6, 6.07) is 5.79. The van der Waals surface area contributed by atoms with E-state index in [0.717, 1.165) is 28.9 Å². The standard InChI is InChI=1S/C15H10ClF2N5/c16-14-9(10(17)1-2-11(14)18)7-23-15-13(22-23)4-3-12(21-15)8-5-19-20-6-8/h1-6,22H,7H2,(H,19,20). The van der Waals surface area contributed by atoms with Gasteiger partial charge in [-0.1, -0.05) is 11.6 Å². The summed E-state index contributed by atoms with van der Waals surface area (Å²) in [6.07, 6.45) is 3.39. The van der Waals surface area contributed by atoms with E-state index in [1.807, 2.05) is 12.1 Å². The average Bonchev–Trinajstić information content (AvgIpc) is 3.06. The third kappa shape index (κ3) is 2.29. The Morgan fingerprint density at radius 1 is 1.13 bits per heavy atom. The number of H-pyrrole nitrogens is 2. The zero-order valence-electron chi connectivity index (χ0n) is 11.6. The van der Waals surface area contributed by atoms with Crippen molar-refractivity contribution in [2.45, 2.75) is 6.54 Å². The molecule has 8 heteroatoms. The van der Waals surface area contributed by atoms with Crippen molar-refractivity contribution in [1.82, 2.24) is 25.0 Å². The van der Waals surface area contributed by atoms with Crippen LogP contribution in [-0.2, 0) is 6.54 Å². The van der Waals surface area contributed by atoms with E-state index in [0.29, 0.717) is 5.65 Å². The highest BCUT2D eigenvalue weighted by Crippen LogP contribution is 2.26. The lowest BCUT2D eigenvalue weighted by Crippen LogP contribution is -2.15. The van der Waals surface area contributed by atoms with E-state index in [1.165, 1.54) is 0 Å². The Hall–Kier alpha value is -2.67. The van der Waals surface area contributed by atoms with Crippen molar-refractivity contribution < 1.29 is 8.78 Å². The first-order valence-electron chi connectivity index (χ1n) is 6.80. The first-order chi connectivity index (χ1) is 11.1. The Bertz CT molecular complexity index is 987. The van der Waals surface area contributed by atoms with Crippen LogP contribution >= 0.6 is 11.6 Å². The van der Waals surface area contributed by atoms with Crippen LogP contribution in [0.3, 0.4) is 0 Å². The lowest BCUT2D eigenvalue weighted by Gasteiger charge is -2.17. The summed E-state index contributed by atoms with van der Waals surface area (Å²) in [6.45, 7) is 0.0667. The molecule has 116 valence electrons. The van der Waals surface area contributed by atoms with Gasteiger partial charge in [0, 0.05) is 17.3 Å². The minimum absolute atomic E-state index is 0.0667. The van der Waals surface area contributed by atoms with Crippen LogP contribution in [0.1, 0.15) is 5.56 Å². The molecule has 3 aromatic heterocycles. The van der Waals surface area contributed by atoms with E-state index in [9.17, 15) is 8.78 Å². The maximum absolute atomic E-state index is 13.9. The van der Waals surface area contributed by atoms with Crippen molar-refractivity contribution in [3.8, 4) is 11.3 Å². The Morgan fingerprint density at radius 2 is 1.96 bits per heavy atom. The summed E-state index contributed by atoms with van der Waals surface area (Å²) >= 11 is 5.86. The largest absolute Gasteiger partial charge is 0.293 e. The normalized spacial score (nSPS) is 11.4. The van der Waals surface area contributed by atoms with Gasteiger partial charge < -0.3 is 0 Å². The van der Waals surface area contributed by atoms with E-state index in [-0.39, 0.29) is 17.1 Å². The van der Waals surface area contributed by atoms with Gasteiger partial charge in [0.05, 0.1) is 29.0 Å². The maximum Gasteiger partial charge on any atom is 0.173 e. The number of nitrogens with one attached hydrogen (secondary N) is 2. The predicted octanol–water partition coefficient (Wildman–Crippen LogP) is 3.73. The van der Waals surface area contributed by atoms with Gasteiger partial charge in [0.1, 0.15) is 11.6 Å². The molecule has 0 amide bonds. The Morgan fingerprint density at radius 3 is 2.74 bits per heavy atom. The number of halogens is 3. The summed E-state index contributed by atoms with van der Waals surface area (Å²) < 4.78 is 29.0. The summed E-state index contributed by atoms with van der Waals surface area (Å²) in [5.74, 6) is -1.21. The summed E-state index contributed by atoms with van der Waals surface area (Å²) in [4.78, 5) is 4.51. The molecule has 0 saturated heterocycles. The maximum atomic E-state index is 13.9. The van der Waals surface area contributed by atoms with Crippen LogP contribution in [0.4, 0.5) is 8.78 Å². The molecule has 0 saturated carbocycles. The topological polar surface area (TPSA) is 62.3 Å². The number of rotatable bonds is 3. The third-order valence-corrected chi connectivity index (χ3v) is 4.04. The van der Waals surface area contributed by atoms with Crippen LogP contribution < -0.4 is 0 Å². The molecule has 5 nitrogen and oxygen atoms in total. The van der Waals surface area contributed by atoms with E-state index >= 15 is 0 Å². The molecule has 0 aliphatic carbocycles. The van der Waals surface area contributed by atoms with Gasteiger partial charge in [-0.05, 0) is 24.3 Å². The minimum atomic E-state index is -0.649. The molecule has 0 unspecified atom stereocenters. The van der Waals surface area contributed by atoms with E-state index in [4.69, 9.17) is 11.6 Å². The second kappa shape index (κ2) is 5.20. The van der Waals surface area contributed by atoms with Gasteiger partial charge in [-0.3, -0.25) is 14.9 Å². The van der Waals surface area contributed by atoms with Crippen molar-refractivity contribution in [3.05, 3.63) is 58.9 Å². The highest BCUT2D eigenvalue weighted by molar-refractivity contribution is 6.31. The van der Waals surface area contributed by atoms with Gasteiger partial charge >= 0.3 is 0 Å². The predicted molar refractivity (Wildman–Crippen MR) is 82.1 cm³/mol. The molecule has 23 heavy (non-hydrogen) atoms. The monoisotopic (exact) mass is 333 g/mol. The van der Waals surface area contributed by atoms with Crippen LogP contribution in [0.5, 0.6) is 0 Å². The summed E-state index contributed by atoms with van der Waals surface area (Å²) in [5, 5.41) is 9.41. The second-order valence-corrected chi connectivity index (χ2v) is 5.45. The fraction of sp³-hybridized carbons (Fsp3) is 0.0667. The molecule has 2 N–H and O–H groups in total. The molecule has 4 aromatic rings. The van der Waals surface area contributed by atoms with Crippen molar-refractivity contribution >= 4 is 22.8 Å². The fourth-order valence-corrected chi connectivity index (χ4v) is 2.64. The highest BCUT2D eigenvalue weighted by Gasteiger charge is 2.16. The summed E-state index contributed by atoms with van der Waals surface area (Å²) in [5.41, 5.74) is 3.11. The third-order valence-electron chi connectivity index (χ3n) is 3.64. The first kappa shape index (κ1) is 14.0. The number of benzene rings is 1. The molecule has 0 radical (unpaired) electrons. The van der Waals surface area contributed by atoms with E-state index in [2.05, 4.69) is 20.3 Å². The van der Waals surface area contributed by atoms with Crippen molar-refractivity contribution in [2.24, 2.45) is 0 Å². The van der Waals surface area contributed by atoms with Crippen LogP contribution in [-0.4, -0.2) is 25.0 Å². The Labute approximate surface area is 133 Å². The lowest BCUT2D eigenvalue weighted by molar-refractivity contribution is 0.565. The molecule has 1 aromatic carbocycles. The highest BCUT2D eigenvalue weighted by atomic mass is 35.5. The van der Waals surface area contributed by atoms with Crippen LogP contribution in [0, 0.1) is 11.6 Å². The molecule has 0 fully saturated rings. The molecule has 3 heterocycles. The number of pyridine rings is 1. The van der Waals surface area contributed by atoms with Crippen LogP contribution in [0.2, 0.25) is 5.02 Å². The van der Waals surface area contributed by atoms with Crippen LogP contribution in [0.25, 0.3) is 22.4 Å². The number of aromatic nitrogens is 5. The number of fused-ring (bicyclic) bond motifs is 1. The zero-order valence-corrected chi connectivity index (χ0v) is 12.4. The van der Waals surface area contributed by atoms with Crippen LogP contribution in [0.15, 0.2) is 36.7 Å². The smallest absolute Gasteiger partial charge is 0.173 e. The zero-order chi connectivity index (χ0) is 16.0. The minimum Gasteiger partial charge on any atom is -0.293 e. The van der Waals surface area contributed by atoms with Gasteiger partial charge in [-0.15, -0.1) is 0 Å².